The van der Waals surface area contributed by atoms with E-state index in [9.17, 15) is 4.79 Å². The third-order valence-electron chi connectivity index (χ3n) is 3.24. The zero-order valence-corrected chi connectivity index (χ0v) is 14.5. The van der Waals surface area contributed by atoms with Gasteiger partial charge in [-0.15, -0.1) is 0 Å². The summed E-state index contributed by atoms with van der Waals surface area (Å²) in [5.41, 5.74) is 5.44. The van der Waals surface area contributed by atoms with Crippen molar-refractivity contribution in [2.75, 3.05) is 0 Å². The predicted molar refractivity (Wildman–Crippen MR) is 94.3 cm³/mol. The Morgan fingerprint density at radius 3 is 2.41 bits per heavy atom. The second-order valence-electron chi connectivity index (χ2n) is 6.08. The summed E-state index contributed by atoms with van der Waals surface area (Å²) in [7, 11) is 0. The lowest BCUT2D eigenvalue weighted by Crippen LogP contribution is -2.17. The largest absolute Gasteiger partial charge is 0.271 e. The number of carbonyl (C=O) groups is 1. The van der Waals surface area contributed by atoms with Crippen molar-refractivity contribution in [3.8, 4) is 0 Å². The number of nitrogens with zero attached hydrogens (tertiary/aromatic N) is 1. The molecule has 2 rings (SSSR count). The molecule has 0 bridgehead atoms. The van der Waals surface area contributed by atoms with Gasteiger partial charge in [0, 0.05) is 10.0 Å². The van der Waals surface area contributed by atoms with Crippen molar-refractivity contribution in [3.63, 3.8) is 0 Å². The van der Waals surface area contributed by atoms with E-state index in [1.165, 1.54) is 5.56 Å². The van der Waals surface area contributed by atoms with Crippen molar-refractivity contribution in [1.82, 2.24) is 5.43 Å². The lowest BCUT2D eigenvalue weighted by atomic mass is 9.87. The molecule has 0 atom stereocenters. The van der Waals surface area contributed by atoms with Crippen molar-refractivity contribution in [2.45, 2.75) is 26.2 Å². The van der Waals surface area contributed by atoms with Crippen LogP contribution in [0.25, 0.3) is 0 Å². The Morgan fingerprint density at radius 1 is 1.14 bits per heavy atom. The van der Waals surface area contributed by atoms with Crippen LogP contribution in [-0.2, 0) is 5.41 Å². The molecule has 0 radical (unpaired) electrons. The van der Waals surface area contributed by atoms with E-state index in [0.29, 0.717) is 5.56 Å². The minimum absolute atomic E-state index is 0.130. The second-order valence-corrected chi connectivity index (χ2v) is 7.00. The van der Waals surface area contributed by atoms with Crippen molar-refractivity contribution in [2.24, 2.45) is 5.10 Å². The molecule has 1 amide bonds. The highest BCUT2D eigenvalue weighted by Gasteiger charge is 2.12. The van der Waals surface area contributed by atoms with Crippen LogP contribution in [0.2, 0.25) is 0 Å². The molecule has 0 aliphatic carbocycles. The number of nitrogens with one attached hydrogen (secondary N) is 1. The van der Waals surface area contributed by atoms with Crippen LogP contribution in [0.4, 0.5) is 0 Å². The lowest BCUT2D eigenvalue weighted by Gasteiger charge is -2.18. The minimum atomic E-state index is -0.233. The van der Waals surface area contributed by atoms with E-state index in [4.69, 9.17) is 0 Å². The van der Waals surface area contributed by atoms with E-state index in [0.717, 1.165) is 10.0 Å². The van der Waals surface area contributed by atoms with Gasteiger partial charge in [-0.25, -0.2) is 5.43 Å². The van der Waals surface area contributed by atoms with Crippen LogP contribution in [0.3, 0.4) is 0 Å². The van der Waals surface area contributed by atoms with Gasteiger partial charge >= 0.3 is 0 Å². The molecule has 0 aliphatic heterocycles. The first-order chi connectivity index (χ1) is 10.4. The third kappa shape index (κ3) is 4.53. The van der Waals surface area contributed by atoms with Gasteiger partial charge in [-0.05, 0) is 34.7 Å². The first-order valence-corrected chi connectivity index (χ1v) is 7.85. The van der Waals surface area contributed by atoms with Crippen LogP contribution in [0.5, 0.6) is 0 Å². The zero-order chi connectivity index (χ0) is 16.2. The summed E-state index contributed by atoms with van der Waals surface area (Å²) in [6.45, 7) is 6.52. The first-order valence-electron chi connectivity index (χ1n) is 7.06. The molecule has 0 aromatic heterocycles. The first kappa shape index (κ1) is 16.4. The summed E-state index contributed by atoms with van der Waals surface area (Å²) in [5, 5.41) is 4.00. The van der Waals surface area contributed by atoms with Crippen LogP contribution in [0, 0.1) is 0 Å². The number of amides is 1. The molecule has 3 nitrogen and oxygen atoms in total. The van der Waals surface area contributed by atoms with Gasteiger partial charge in [-0.2, -0.15) is 5.10 Å². The second kappa shape index (κ2) is 6.88. The van der Waals surface area contributed by atoms with Crippen LogP contribution in [-0.4, -0.2) is 12.1 Å². The summed E-state index contributed by atoms with van der Waals surface area (Å²) in [4.78, 5) is 11.9. The SMILES string of the molecule is CC(C)(C)c1ccc(C=NNC(=O)c2cccc(Br)c2)cc1. The fraction of sp³-hybridized carbons (Fsp3) is 0.222. The van der Waals surface area contributed by atoms with Crippen LogP contribution < -0.4 is 5.43 Å². The average Bonchev–Trinajstić information content (AvgIpc) is 2.47. The number of hydrazone groups is 1. The number of halogens is 1. The number of hydrogen-bond donors (Lipinski definition) is 1. The van der Waals surface area contributed by atoms with Gasteiger partial charge in [0.1, 0.15) is 0 Å². The summed E-state index contributed by atoms with van der Waals surface area (Å²) >= 11 is 3.34. The zero-order valence-electron chi connectivity index (χ0n) is 12.9. The highest BCUT2D eigenvalue weighted by molar-refractivity contribution is 9.10. The Labute approximate surface area is 139 Å². The molecule has 0 saturated carbocycles. The number of rotatable bonds is 3. The van der Waals surface area contributed by atoms with Crippen LogP contribution in [0.1, 0.15) is 42.3 Å². The van der Waals surface area contributed by atoms with Crippen LogP contribution >= 0.6 is 15.9 Å². The van der Waals surface area contributed by atoms with Crippen molar-refractivity contribution in [1.29, 1.82) is 0 Å². The van der Waals surface area contributed by atoms with Gasteiger partial charge in [-0.3, -0.25) is 4.79 Å². The summed E-state index contributed by atoms with van der Waals surface area (Å²) < 4.78 is 0.863. The quantitative estimate of drug-likeness (QED) is 0.636. The van der Waals surface area contributed by atoms with Gasteiger partial charge in [0.25, 0.3) is 5.91 Å². The van der Waals surface area contributed by atoms with Crippen molar-refractivity contribution >= 4 is 28.1 Å². The predicted octanol–water partition coefficient (Wildman–Crippen LogP) is 4.51. The molecule has 0 fully saturated rings. The molecular weight excluding hydrogens is 340 g/mol. The fourth-order valence-electron chi connectivity index (χ4n) is 1.93. The van der Waals surface area contributed by atoms with Gasteiger partial charge in [0.2, 0.25) is 0 Å². The highest BCUT2D eigenvalue weighted by Crippen LogP contribution is 2.21. The molecule has 0 aliphatic rings. The molecule has 2 aromatic rings. The Morgan fingerprint density at radius 2 is 1.82 bits per heavy atom. The van der Waals surface area contributed by atoms with E-state index in [2.05, 4.69) is 59.4 Å². The fourth-order valence-corrected chi connectivity index (χ4v) is 2.33. The van der Waals surface area contributed by atoms with Crippen molar-refractivity contribution < 1.29 is 4.79 Å². The normalized spacial score (nSPS) is 11.6. The maximum atomic E-state index is 11.9. The number of benzene rings is 2. The monoisotopic (exact) mass is 358 g/mol. The molecule has 0 heterocycles. The number of hydrogen-bond acceptors (Lipinski definition) is 2. The molecule has 1 N–H and O–H groups in total. The minimum Gasteiger partial charge on any atom is -0.267 e. The van der Waals surface area contributed by atoms with Crippen LogP contribution in [0.15, 0.2) is 58.1 Å². The average molecular weight is 359 g/mol. The molecular formula is C18H19BrN2O. The molecule has 114 valence electrons. The summed E-state index contributed by atoms with van der Waals surface area (Å²) in [5.74, 6) is -0.233. The smallest absolute Gasteiger partial charge is 0.267 e. The van der Waals surface area contributed by atoms with Crippen molar-refractivity contribution in [3.05, 3.63) is 69.7 Å². The van der Waals surface area contributed by atoms with Gasteiger partial charge in [-0.1, -0.05) is 67.0 Å². The van der Waals surface area contributed by atoms with E-state index in [-0.39, 0.29) is 11.3 Å². The topological polar surface area (TPSA) is 41.5 Å². The molecule has 0 saturated heterocycles. The number of carbonyl (C=O) groups excluding carboxylic acids is 1. The van der Waals surface area contributed by atoms with E-state index < -0.39 is 0 Å². The standard InChI is InChI=1S/C18H19BrN2O/c1-18(2,3)15-9-7-13(8-10-15)12-20-21-17(22)14-5-4-6-16(19)11-14/h4-12H,1-3H3,(H,21,22). The highest BCUT2D eigenvalue weighted by atomic mass is 79.9. The summed E-state index contributed by atoms with van der Waals surface area (Å²) in [6.07, 6.45) is 1.64. The maximum Gasteiger partial charge on any atom is 0.271 e. The molecule has 2 aromatic carbocycles. The van der Waals surface area contributed by atoms with E-state index >= 15 is 0 Å². The molecule has 22 heavy (non-hydrogen) atoms. The molecule has 4 heteroatoms. The van der Waals surface area contributed by atoms with Gasteiger partial charge in [0.05, 0.1) is 6.21 Å². The Balaban J connectivity index is 1.99. The lowest BCUT2D eigenvalue weighted by molar-refractivity contribution is 0.0955. The summed E-state index contributed by atoms with van der Waals surface area (Å²) in [6, 6.07) is 15.3. The van der Waals surface area contributed by atoms with Gasteiger partial charge in [0.15, 0.2) is 0 Å². The molecule has 0 spiro atoms. The van der Waals surface area contributed by atoms with E-state index in [1.807, 2.05) is 24.3 Å². The Hall–Kier alpha value is -1.94. The Kier molecular flexibility index (Phi) is 5.14. The molecule has 0 unspecified atom stereocenters. The van der Waals surface area contributed by atoms with Gasteiger partial charge < -0.3 is 0 Å². The van der Waals surface area contributed by atoms with E-state index in [1.54, 1.807) is 18.3 Å². The third-order valence-corrected chi connectivity index (χ3v) is 3.74. The maximum absolute atomic E-state index is 11.9. The Bertz CT molecular complexity index is 685.